The molecule has 0 aliphatic rings. The van der Waals surface area contributed by atoms with Crippen molar-refractivity contribution in [3.05, 3.63) is 0 Å². The Kier molecular flexibility index (Phi) is 11.0. The van der Waals surface area contributed by atoms with Crippen molar-refractivity contribution in [2.45, 2.75) is 65.6 Å². The molecule has 0 saturated heterocycles. The molecule has 1 atom stereocenters. The van der Waals surface area contributed by atoms with E-state index in [1.165, 1.54) is 32.6 Å². The second kappa shape index (κ2) is 10.2. The summed E-state index contributed by atoms with van der Waals surface area (Å²) in [4.78, 5) is 13.3. The molecule has 0 heterocycles. The first-order valence-corrected chi connectivity index (χ1v) is 9.07. The normalized spacial score (nSPS) is 13.0. The summed E-state index contributed by atoms with van der Waals surface area (Å²) in [6.07, 6.45) is 0.634. The molecule has 0 spiro atoms. The molecule has 22 heavy (non-hydrogen) atoms. The minimum atomic E-state index is -3.61. The van der Waals surface area contributed by atoms with Crippen molar-refractivity contribution in [1.29, 1.82) is 0 Å². The highest BCUT2D eigenvalue weighted by Crippen LogP contribution is 2.13. The molecule has 3 N–H and O–H groups in total. The van der Waals surface area contributed by atoms with Crippen LogP contribution in [0.4, 0.5) is 0 Å². The highest BCUT2D eigenvalue weighted by atomic mass is 32.2. The van der Waals surface area contributed by atoms with Crippen molar-refractivity contribution in [3.63, 3.8) is 0 Å². The van der Waals surface area contributed by atoms with Crippen molar-refractivity contribution in [2.24, 2.45) is 0 Å². The van der Waals surface area contributed by atoms with E-state index in [1.807, 2.05) is 20.8 Å². The lowest BCUT2D eigenvalue weighted by molar-refractivity contribution is -0.131. The summed E-state index contributed by atoms with van der Waals surface area (Å²) in [6.45, 7) is 11.9. The van der Waals surface area contributed by atoms with E-state index in [1.54, 1.807) is 0 Å². The van der Waals surface area contributed by atoms with E-state index in [0.29, 0.717) is 13.0 Å². The van der Waals surface area contributed by atoms with Crippen molar-refractivity contribution < 1.29 is 23.3 Å². The van der Waals surface area contributed by atoms with Gasteiger partial charge in [0.1, 0.15) is 0 Å². The molecule has 132 valence electrons. The van der Waals surface area contributed by atoms with Crippen LogP contribution in [0.3, 0.4) is 0 Å². The van der Waals surface area contributed by atoms with Gasteiger partial charge in [-0.25, -0.2) is 13.1 Å². The van der Waals surface area contributed by atoms with Crippen LogP contribution in [-0.4, -0.2) is 60.2 Å². The fraction of sp³-hybridized carbons (Fsp3) is 0.923. The summed E-state index contributed by atoms with van der Waals surface area (Å²) < 4.78 is 25.0. The lowest BCUT2D eigenvalue weighted by Gasteiger charge is -2.29. The molecule has 0 bridgehead atoms. The predicted molar refractivity (Wildman–Crippen MR) is 89.7 cm³/mol. The van der Waals surface area contributed by atoms with Gasteiger partial charge in [-0.2, -0.15) is 0 Å². The number of amides is 1. The summed E-state index contributed by atoms with van der Waals surface area (Å²) >= 11 is 0. The van der Waals surface area contributed by atoms with Crippen LogP contribution in [-0.2, 0) is 14.8 Å². The molecule has 0 aliphatic heterocycles. The van der Waals surface area contributed by atoms with E-state index < -0.39 is 40.3 Å². The largest absolute Gasteiger partial charge is 0.475 e. The molecular formula is C13H31BN2O5S. The average molecular weight is 338 g/mol. The second-order valence-electron chi connectivity index (χ2n) is 5.68. The second-order valence-corrected chi connectivity index (χ2v) is 8.20. The number of carbonyl (C=O) groups excluding carboxylic acids is 1. The zero-order valence-electron chi connectivity index (χ0n) is 14.8. The van der Waals surface area contributed by atoms with Crippen LogP contribution in [0.5, 0.6) is 0 Å². The molecule has 1 unspecified atom stereocenters. The molecule has 0 fully saturated rings. The number of carbonyl (C=O) groups is 1. The Morgan fingerprint density at radius 3 is 2.05 bits per heavy atom. The molecule has 0 aromatic rings. The summed E-state index contributed by atoms with van der Waals surface area (Å²) in [5.41, 5.74) is 0. The quantitative estimate of drug-likeness (QED) is 0.582. The fourth-order valence-electron chi connectivity index (χ4n) is 1.43. The first kappa shape index (κ1) is 23.6. The number of nitrogens with zero attached hydrogens (tertiary/aromatic N) is 1. The Morgan fingerprint density at radius 1 is 1.27 bits per heavy atom. The van der Waals surface area contributed by atoms with Crippen LogP contribution in [0.25, 0.3) is 0 Å². The van der Waals surface area contributed by atoms with Crippen molar-refractivity contribution in [1.82, 2.24) is 9.62 Å². The minimum Gasteiger partial charge on any atom is -0.426 e. The standard InChI is InChI=1S/C11H25BN2O5S.C2H6/c1-6-7-14(9(2)12(16)17)10(15)8-13-20(18,19)11(3,4)5;1-2/h9,13,16-17H,6-8H2,1-5H3;1-2H3. The van der Waals surface area contributed by atoms with Crippen molar-refractivity contribution in [2.75, 3.05) is 13.1 Å². The third-order valence-corrected chi connectivity index (χ3v) is 5.06. The molecule has 0 aromatic heterocycles. The highest BCUT2D eigenvalue weighted by Gasteiger charge is 2.32. The fourth-order valence-corrected chi connectivity index (χ4v) is 2.18. The third-order valence-electron chi connectivity index (χ3n) is 2.93. The molecule has 7 nitrogen and oxygen atoms in total. The molecule has 0 saturated carbocycles. The van der Waals surface area contributed by atoms with Gasteiger partial charge in [-0.05, 0) is 34.1 Å². The number of rotatable bonds is 7. The van der Waals surface area contributed by atoms with Gasteiger partial charge in [0, 0.05) is 6.54 Å². The molecule has 0 rings (SSSR count). The molecule has 0 radical (unpaired) electrons. The number of sulfonamides is 1. The van der Waals surface area contributed by atoms with E-state index in [0.717, 1.165) is 0 Å². The molecule has 0 aliphatic carbocycles. The van der Waals surface area contributed by atoms with E-state index in [4.69, 9.17) is 10.0 Å². The van der Waals surface area contributed by atoms with Gasteiger partial charge in [0.2, 0.25) is 15.9 Å². The third kappa shape index (κ3) is 7.57. The van der Waals surface area contributed by atoms with Gasteiger partial charge in [0.15, 0.2) is 0 Å². The van der Waals surface area contributed by atoms with Crippen LogP contribution in [0.1, 0.15) is 54.9 Å². The topological polar surface area (TPSA) is 107 Å². The summed E-state index contributed by atoms with van der Waals surface area (Å²) in [7, 11) is -5.27. The monoisotopic (exact) mass is 338 g/mol. The van der Waals surface area contributed by atoms with Crippen LogP contribution >= 0.6 is 0 Å². The summed E-state index contributed by atoms with van der Waals surface area (Å²) in [6, 6.07) is 0. The maximum atomic E-state index is 12.0. The zero-order valence-corrected chi connectivity index (χ0v) is 15.6. The van der Waals surface area contributed by atoms with Crippen LogP contribution < -0.4 is 4.72 Å². The minimum absolute atomic E-state index is 0.328. The van der Waals surface area contributed by atoms with Gasteiger partial charge in [-0.1, -0.05) is 20.8 Å². The molecular weight excluding hydrogens is 307 g/mol. The van der Waals surface area contributed by atoms with Crippen molar-refractivity contribution >= 4 is 23.0 Å². The Labute approximate surface area is 135 Å². The molecule has 0 aromatic carbocycles. The molecule has 9 heteroatoms. The van der Waals surface area contributed by atoms with Gasteiger partial charge >= 0.3 is 7.12 Å². The van der Waals surface area contributed by atoms with E-state index >= 15 is 0 Å². The van der Waals surface area contributed by atoms with E-state index in [9.17, 15) is 13.2 Å². The first-order chi connectivity index (χ1) is 9.94. The van der Waals surface area contributed by atoms with Gasteiger partial charge < -0.3 is 14.9 Å². The number of hydrogen-bond acceptors (Lipinski definition) is 5. The van der Waals surface area contributed by atoms with Crippen molar-refractivity contribution in [3.8, 4) is 0 Å². The Bertz CT molecular complexity index is 421. The SMILES string of the molecule is CC.CCCN(C(=O)CNS(=O)(=O)C(C)(C)C)C(C)B(O)O. The predicted octanol–water partition coefficient (Wildman–Crippen LogP) is 0.370. The number of nitrogens with one attached hydrogen (secondary N) is 1. The van der Waals surface area contributed by atoms with Gasteiger partial charge in [0.25, 0.3) is 0 Å². The smallest absolute Gasteiger partial charge is 0.426 e. The lowest BCUT2D eigenvalue weighted by atomic mass is 9.79. The first-order valence-electron chi connectivity index (χ1n) is 7.59. The van der Waals surface area contributed by atoms with Crippen LogP contribution in [0.2, 0.25) is 0 Å². The average Bonchev–Trinajstić information content (AvgIpc) is 2.42. The zero-order chi connectivity index (χ0) is 18.1. The summed E-state index contributed by atoms with van der Waals surface area (Å²) in [5, 5.41) is 18.3. The van der Waals surface area contributed by atoms with Gasteiger partial charge in [-0.3, -0.25) is 4.79 Å². The van der Waals surface area contributed by atoms with E-state index in [-0.39, 0.29) is 0 Å². The maximum absolute atomic E-state index is 12.0. The van der Waals surface area contributed by atoms with E-state index in [2.05, 4.69) is 4.72 Å². The lowest BCUT2D eigenvalue weighted by Crippen LogP contribution is -2.52. The highest BCUT2D eigenvalue weighted by molar-refractivity contribution is 7.90. The van der Waals surface area contributed by atoms with Gasteiger partial charge in [-0.15, -0.1) is 0 Å². The Morgan fingerprint density at radius 2 is 1.73 bits per heavy atom. The summed E-state index contributed by atoms with van der Waals surface area (Å²) in [5.74, 6) is -1.28. The van der Waals surface area contributed by atoms with Gasteiger partial charge in [0.05, 0.1) is 17.2 Å². The Hall–Kier alpha value is -0.635. The van der Waals surface area contributed by atoms with Crippen LogP contribution in [0, 0.1) is 0 Å². The van der Waals surface area contributed by atoms with Crippen LogP contribution in [0.15, 0.2) is 0 Å². The maximum Gasteiger partial charge on any atom is 0.475 e. The Balaban J connectivity index is 0. The number of hydrogen-bond donors (Lipinski definition) is 3. The molecule has 1 amide bonds.